The van der Waals surface area contributed by atoms with Gasteiger partial charge >= 0.3 is 0 Å². The van der Waals surface area contributed by atoms with Crippen LogP contribution in [0.1, 0.15) is 19.4 Å². The van der Waals surface area contributed by atoms with Gasteiger partial charge in [-0.3, -0.25) is 0 Å². The van der Waals surface area contributed by atoms with Crippen LogP contribution in [-0.2, 0) is 6.54 Å². The number of ether oxygens (including phenoxy) is 2. The molecule has 4 nitrogen and oxygen atoms in total. The van der Waals surface area contributed by atoms with Crippen molar-refractivity contribution >= 4 is 46.2 Å². The zero-order valence-corrected chi connectivity index (χ0v) is 16.4. The van der Waals surface area contributed by atoms with Crippen LogP contribution in [-0.4, -0.2) is 18.3 Å². The van der Waals surface area contributed by atoms with Crippen molar-refractivity contribution in [3.05, 3.63) is 52.0 Å². The summed E-state index contributed by atoms with van der Waals surface area (Å²) >= 11 is 17.3. The third-order valence-electron chi connectivity index (χ3n) is 3.18. The van der Waals surface area contributed by atoms with Gasteiger partial charge in [0.05, 0.1) is 13.2 Å². The molecule has 0 saturated carbocycles. The molecule has 0 atom stereocenters. The third kappa shape index (κ3) is 6.27. The molecule has 0 heterocycles. The van der Waals surface area contributed by atoms with Crippen LogP contribution >= 0.6 is 35.4 Å². The van der Waals surface area contributed by atoms with Crippen molar-refractivity contribution in [1.29, 1.82) is 0 Å². The fraction of sp³-hybridized carbons (Fsp3) is 0.278. The molecule has 0 unspecified atom stereocenters. The summed E-state index contributed by atoms with van der Waals surface area (Å²) in [6.07, 6.45) is 0. The van der Waals surface area contributed by atoms with E-state index >= 15 is 0 Å². The van der Waals surface area contributed by atoms with Crippen LogP contribution in [0.4, 0.5) is 5.69 Å². The fourth-order valence-electron chi connectivity index (χ4n) is 2.19. The van der Waals surface area contributed by atoms with Crippen LogP contribution in [0.15, 0.2) is 36.4 Å². The number of halogens is 2. The van der Waals surface area contributed by atoms with E-state index in [1.54, 1.807) is 18.2 Å². The van der Waals surface area contributed by atoms with Crippen molar-refractivity contribution in [3.8, 4) is 11.5 Å². The zero-order chi connectivity index (χ0) is 18.2. The maximum Gasteiger partial charge on any atom is 0.171 e. The molecule has 0 aliphatic carbocycles. The highest BCUT2D eigenvalue weighted by molar-refractivity contribution is 7.80. The first-order chi connectivity index (χ1) is 12.0. The molecule has 2 N–H and O–H groups in total. The number of anilines is 1. The van der Waals surface area contributed by atoms with Gasteiger partial charge in [-0.15, -0.1) is 0 Å². The molecular formula is C18H20Cl2N2O2S. The van der Waals surface area contributed by atoms with Gasteiger partial charge in [0.25, 0.3) is 0 Å². The molecule has 0 spiro atoms. The van der Waals surface area contributed by atoms with Crippen molar-refractivity contribution < 1.29 is 9.47 Å². The van der Waals surface area contributed by atoms with Gasteiger partial charge in [-0.05, 0) is 62.0 Å². The third-order valence-corrected chi connectivity index (χ3v) is 3.86. The highest BCUT2D eigenvalue weighted by atomic mass is 35.5. The topological polar surface area (TPSA) is 42.5 Å². The van der Waals surface area contributed by atoms with E-state index in [2.05, 4.69) is 10.6 Å². The Labute approximate surface area is 163 Å². The van der Waals surface area contributed by atoms with Crippen molar-refractivity contribution in [2.75, 3.05) is 18.5 Å². The van der Waals surface area contributed by atoms with E-state index in [0.29, 0.717) is 34.9 Å². The van der Waals surface area contributed by atoms with E-state index in [1.165, 1.54) is 0 Å². The highest BCUT2D eigenvalue weighted by Gasteiger charge is 2.07. The van der Waals surface area contributed by atoms with E-state index in [1.807, 2.05) is 32.0 Å². The Morgan fingerprint density at radius 1 is 0.960 bits per heavy atom. The molecule has 0 bridgehead atoms. The molecule has 0 saturated heterocycles. The number of hydrogen-bond acceptors (Lipinski definition) is 3. The molecule has 0 fully saturated rings. The minimum Gasteiger partial charge on any atom is -0.490 e. The predicted octanol–water partition coefficient (Wildman–Crippen LogP) is 5.28. The molecule has 25 heavy (non-hydrogen) atoms. The molecule has 0 aliphatic heterocycles. The predicted molar refractivity (Wildman–Crippen MR) is 108 cm³/mol. The summed E-state index contributed by atoms with van der Waals surface area (Å²) in [7, 11) is 0. The van der Waals surface area contributed by atoms with E-state index in [9.17, 15) is 0 Å². The van der Waals surface area contributed by atoms with E-state index in [0.717, 1.165) is 22.7 Å². The van der Waals surface area contributed by atoms with Gasteiger partial charge in [0.15, 0.2) is 16.6 Å². The van der Waals surface area contributed by atoms with Crippen LogP contribution in [0.2, 0.25) is 10.0 Å². The SMILES string of the molecule is CCOc1ccc(CNC(=S)Nc2cc(Cl)cc(Cl)c2)cc1OCC. The van der Waals surface area contributed by atoms with Crippen LogP contribution in [0.3, 0.4) is 0 Å². The lowest BCUT2D eigenvalue weighted by atomic mass is 10.2. The second kappa shape index (κ2) is 9.70. The van der Waals surface area contributed by atoms with Gasteiger partial charge < -0.3 is 20.1 Å². The van der Waals surface area contributed by atoms with Crippen molar-refractivity contribution in [2.45, 2.75) is 20.4 Å². The summed E-state index contributed by atoms with van der Waals surface area (Å²) in [6.45, 7) is 5.60. The number of hydrogen-bond donors (Lipinski definition) is 2. The van der Waals surface area contributed by atoms with Crippen molar-refractivity contribution in [3.63, 3.8) is 0 Å². The van der Waals surface area contributed by atoms with Gasteiger partial charge in [-0.25, -0.2) is 0 Å². The lowest BCUT2D eigenvalue weighted by molar-refractivity contribution is 0.287. The minimum absolute atomic E-state index is 0.477. The molecule has 2 aromatic rings. The Morgan fingerprint density at radius 2 is 1.60 bits per heavy atom. The van der Waals surface area contributed by atoms with E-state index in [-0.39, 0.29) is 0 Å². The molecule has 0 radical (unpaired) electrons. The smallest absolute Gasteiger partial charge is 0.171 e. The first kappa shape index (κ1) is 19.6. The molecule has 2 rings (SSSR count). The molecule has 134 valence electrons. The molecule has 0 aromatic heterocycles. The molecule has 2 aromatic carbocycles. The van der Waals surface area contributed by atoms with E-state index in [4.69, 9.17) is 44.9 Å². The van der Waals surface area contributed by atoms with Gasteiger partial charge in [0.1, 0.15) is 0 Å². The Balaban J connectivity index is 1.97. The van der Waals surface area contributed by atoms with Gasteiger partial charge in [0.2, 0.25) is 0 Å². The van der Waals surface area contributed by atoms with Crippen LogP contribution in [0.25, 0.3) is 0 Å². The summed E-state index contributed by atoms with van der Waals surface area (Å²) in [5.41, 5.74) is 1.76. The average molecular weight is 399 g/mol. The summed E-state index contributed by atoms with van der Waals surface area (Å²) in [6, 6.07) is 11.0. The van der Waals surface area contributed by atoms with Crippen LogP contribution < -0.4 is 20.1 Å². The largest absolute Gasteiger partial charge is 0.490 e. The summed E-state index contributed by atoms with van der Waals surface area (Å²) < 4.78 is 11.2. The second-order valence-corrected chi connectivity index (χ2v) is 6.39. The quantitative estimate of drug-likeness (QED) is 0.621. The normalized spacial score (nSPS) is 10.2. The molecule has 7 heteroatoms. The maximum atomic E-state index is 5.98. The van der Waals surface area contributed by atoms with Gasteiger partial charge in [0, 0.05) is 22.3 Å². The first-order valence-electron chi connectivity index (χ1n) is 7.91. The lowest BCUT2D eigenvalue weighted by Crippen LogP contribution is -2.27. The number of rotatable bonds is 7. The molecular weight excluding hydrogens is 379 g/mol. The Hall–Kier alpha value is -1.69. The maximum absolute atomic E-state index is 5.98. The van der Waals surface area contributed by atoms with Gasteiger partial charge in [-0.2, -0.15) is 0 Å². The first-order valence-corrected chi connectivity index (χ1v) is 9.07. The monoisotopic (exact) mass is 398 g/mol. The summed E-state index contributed by atoms with van der Waals surface area (Å²) in [4.78, 5) is 0. The minimum atomic E-state index is 0.477. The van der Waals surface area contributed by atoms with Crippen LogP contribution in [0.5, 0.6) is 11.5 Å². The Bertz CT molecular complexity index is 721. The lowest BCUT2D eigenvalue weighted by Gasteiger charge is -2.14. The number of thiocarbonyl (C=S) groups is 1. The molecule has 0 amide bonds. The zero-order valence-electron chi connectivity index (χ0n) is 14.1. The van der Waals surface area contributed by atoms with E-state index < -0.39 is 0 Å². The standard InChI is InChI=1S/C18H20Cl2N2O2S/c1-3-23-16-6-5-12(7-17(16)24-4-2)11-21-18(25)22-15-9-13(19)8-14(20)10-15/h5-10H,3-4,11H2,1-2H3,(H2,21,22,25). The number of nitrogens with one attached hydrogen (secondary N) is 2. The fourth-order valence-corrected chi connectivity index (χ4v) is 2.91. The summed E-state index contributed by atoms with van der Waals surface area (Å²) in [5.74, 6) is 1.46. The second-order valence-electron chi connectivity index (χ2n) is 5.11. The van der Waals surface area contributed by atoms with Crippen molar-refractivity contribution in [1.82, 2.24) is 5.32 Å². The Morgan fingerprint density at radius 3 is 2.24 bits per heavy atom. The molecule has 0 aliphatic rings. The number of benzene rings is 2. The average Bonchev–Trinajstić information content (AvgIpc) is 2.54. The van der Waals surface area contributed by atoms with Crippen LogP contribution in [0, 0.1) is 0 Å². The van der Waals surface area contributed by atoms with Gasteiger partial charge in [-0.1, -0.05) is 29.3 Å². The summed E-state index contributed by atoms with van der Waals surface area (Å²) in [5, 5.41) is 7.78. The highest BCUT2D eigenvalue weighted by Crippen LogP contribution is 2.28. The Kier molecular flexibility index (Phi) is 7.62. The van der Waals surface area contributed by atoms with Crippen molar-refractivity contribution in [2.24, 2.45) is 0 Å².